The molecule has 0 radical (unpaired) electrons. The molecule has 90 valence electrons. The van der Waals surface area contributed by atoms with Gasteiger partial charge in [-0.3, -0.25) is 4.21 Å². The van der Waals surface area contributed by atoms with Gasteiger partial charge >= 0.3 is 0 Å². The van der Waals surface area contributed by atoms with Gasteiger partial charge in [0.25, 0.3) is 0 Å². The fourth-order valence-corrected chi connectivity index (χ4v) is 4.58. The monoisotopic (exact) mass is 231 g/mol. The first-order valence-corrected chi connectivity index (χ1v) is 7.50. The van der Waals surface area contributed by atoms with E-state index >= 15 is 0 Å². The van der Waals surface area contributed by atoms with Crippen molar-refractivity contribution in [2.75, 3.05) is 5.75 Å². The molecule has 2 nitrogen and oxygen atoms in total. The Balaban J connectivity index is 2.38. The molecule has 0 bridgehead atoms. The minimum atomic E-state index is -0.648. The SMILES string of the molecule is CC(N)CCS(=O)C1CC(C)CC(C)C1. The lowest BCUT2D eigenvalue weighted by molar-refractivity contribution is 0.305. The third-order valence-corrected chi connectivity index (χ3v) is 5.05. The van der Waals surface area contributed by atoms with Crippen molar-refractivity contribution in [3.8, 4) is 0 Å². The first-order valence-electron chi connectivity index (χ1n) is 6.11. The van der Waals surface area contributed by atoms with E-state index in [1.165, 1.54) is 6.42 Å². The van der Waals surface area contributed by atoms with Crippen LogP contribution in [0.4, 0.5) is 0 Å². The normalized spacial score (nSPS) is 36.1. The molecule has 1 aliphatic rings. The summed E-state index contributed by atoms with van der Waals surface area (Å²) in [7, 11) is -0.648. The van der Waals surface area contributed by atoms with Crippen molar-refractivity contribution in [1.29, 1.82) is 0 Å². The van der Waals surface area contributed by atoms with Crippen LogP contribution in [0.15, 0.2) is 0 Å². The van der Waals surface area contributed by atoms with Crippen LogP contribution in [-0.2, 0) is 10.8 Å². The average molecular weight is 231 g/mol. The highest BCUT2D eigenvalue weighted by Crippen LogP contribution is 2.31. The Hall–Kier alpha value is 0.110. The molecular weight excluding hydrogens is 206 g/mol. The molecule has 1 rings (SSSR count). The smallest absolute Gasteiger partial charge is 0.0353 e. The molecule has 0 saturated heterocycles. The molecule has 4 unspecified atom stereocenters. The second-order valence-corrected chi connectivity index (χ2v) is 7.23. The van der Waals surface area contributed by atoms with E-state index in [-0.39, 0.29) is 6.04 Å². The number of rotatable bonds is 4. The van der Waals surface area contributed by atoms with Gasteiger partial charge in [0.1, 0.15) is 0 Å². The van der Waals surface area contributed by atoms with E-state index in [0.29, 0.717) is 5.25 Å². The van der Waals surface area contributed by atoms with Crippen LogP contribution in [0, 0.1) is 11.8 Å². The van der Waals surface area contributed by atoms with E-state index < -0.39 is 10.8 Å². The Bertz CT molecular complexity index is 208. The molecule has 1 aliphatic carbocycles. The Kier molecular flexibility index (Phi) is 5.27. The zero-order valence-electron chi connectivity index (χ0n) is 10.2. The van der Waals surface area contributed by atoms with E-state index in [2.05, 4.69) is 13.8 Å². The van der Waals surface area contributed by atoms with Gasteiger partial charge in [-0.05, 0) is 44.4 Å². The van der Waals surface area contributed by atoms with Crippen LogP contribution in [0.25, 0.3) is 0 Å². The molecule has 1 saturated carbocycles. The topological polar surface area (TPSA) is 43.1 Å². The minimum Gasteiger partial charge on any atom is -0.328 e. The van der Waals surface area contributed by atoms with E-state index in [4.69, 9.17) is 5.73 Å². The second kappa shape index (κ2) is 6.00. The summed E-state index contributed by atoms with van der Waals surface area (Å²) in [4.78, 5) is 0. The quantitative estimate of drug-likeness (QED) is 0.807. The van der Waals surface area contributed by atoms with Crippen LogP contribution >= 0.6 is 0 Å². The van der Waals surface area contributed by atoms with Gasteiger partial charge < -0.3 is 5.73 Å². The van der Waals surface area contributed by atoms with Gasteiger partial charge in [-0.2, -0.15) is 0 Å². The molecule has 0 spiro atoms. The molecule has 0 amide bonds. The summed E-state index contributed by atoms with van der Waals surface area (Å²) in [6.07, 6.45) is 4.50. The molecule has 4 atom stereocenters. The molecule has 3 heteroatoms. The van der Waals surface area contributed by atoms with Gasteiger partial charge in [0.05, 0.1) is 0 Å². The number of nitrogens with two attached hydrogens (primary N) is 1. The van der Waals surface area contributed by atoms with Gasteiger partial charge in [-0.1, -0.05) is 13.8 Å². The number of hydrogen-bond donors (Lipinski definition) is 1. The Labute approximate surface area is 96.5 Å². The van der Waals surface area contributed by atoms with E-state index in [9.17, 15) is 4.21 Å². The maximum atomic E-state index is 12.0. The molecule has 2 N–H and O–H groups in total. The summed E-state index contributed by atoms with van der Waals surface area (Å²) in [6.45, 7) is 6.56. The predicted molar refractivity (Wildman–Crippen MR) is 67.2 cm³/mol. The zero-order chi connectivity index (χ0) is 11.4. The zero-order valence-corrected chi connectivity index (χ0v) is 11.1. The van der Waals surface area contributed by atoms with E-state index in [1.54, 1.807) is 0 Å². The van der Waals surface area contributed by atoms with Crippen LogP contribution in [0.5, 0.6) is 0 Å². The maximum Gasteiger partial charge on any atom is 0.0353 e. The van der Waals surface area contributed by atoms with Crippen LogP contribution in [-0.4, -0.2) is 21.3 Å². The molecule has 0 aromatic heterocycles. The fourth-order valence-electron chi connectivity index (χ4n) is 2.56. The third-order valence-electron chi connectivity index (χ3n) is 3.28. The summed E-state index contributed by atoms with van der Waals surface area (Å²) in [5.74, 6) is 2.29. The third kappa shape index (κ3) is 4.64. The standard InChI is InChI=1S/C12H25NOS/c1-9-6-10(2)8-12(7-9)15(14)5-4-11(3)13/h9-12H,4-8,13H2,1-3H3. The molecule has 0 aliphatic heterocycles. The van der Waals surface area contributed by atoms with Gasteiger partial charge in [0, 0.05) is 27.8 Å². The van der Waals surface area contributed by atoms with Crippen molar-refractivity contribution >= 4 is 10.8 Å². The lowest BCUT2D eigenvalue weighted by Gasteiger charge is -2.30. The van der Waals surface area contributed by atoms with Crippen LogP contribution in [0.3, 0.4) is 0 Å². The van der Waals surface area contributed by atoms with Crippen molar-refractivity contribution in [3.05, 3.63) is 0 Å². The molecular formula is C12H25NOS. The summed E-state index contributed by atoms with van der Waals surface area (Å²) in [6, 6.07) is 0.187. The lowest BCUT2D eigenvalue weighted by atomic mass is 9.83. The maximum absolute atomic E-state index is 12.0. The highest BCUT2D eigenvalue weighted by atomic mass is 32.2. The van der Waals surface area contributed by atoms with Crippen molar-refractivity contribution in [2.45, 2.75) is 57.7 Å². The van der Waals surface area contributed by atoms with Crippen LogP contribution in [0.2, 0.25) is 0 Å². The van der Waals surface area contributed by atoms with E-state index in [0.717, 1.165) is 36.9 Å². The van der Waals surface area contributed by atoms with Crippen molar-refractivity contribution in [1.82, 2.24) is 0 Å². The van der Waals surface area contributed by atoms with E-state index in [1.807, 2.05) is 6.92 Å². The Morgan fingerprint density at radius 2 is 1.80 bits per heavy atom. The first kappa shape index (κ1) is 13.2. The fraction of sp³-hybridized carbons (Fsp3) is 1.00. The molecule has 0 heterocycles. The Morgan fingerprint density at radius 3 is 2.27 bits per heavy atom. The lowest BCUT2D eigenvalue weighted by Crippen LogP contribution is -2.30. The minimum absolute atomic E-state index is 0.187. The highest BCUT2D eigenvalue weighted by molar-refractivity contribution is 7.85. The average Bonchev–Trinajstić information content (AvgIpc) is 2.12. The molecule has 1 fully saturated rings. The molecule has 15 heavy (non-hydrogen) atoms. The molecule has 0 aromatic carbocycles. The van der Waals surface area contributed by atoms with Gasteiger partial charge in [0.15, 0.2) is 0 Å². The first-order chi connectivity index (χ1) is 6.99. The van der Waals surface area contributed by atoms with Gasteiger partial charge in [-0.25, -0.2) is 0 Å². The largest absolute Gasteiger partial charge is 0.328 e. The van der Waals surface area contributed by atoms with Gasteiger partial charge in [-0.15, -0.1) is 0 Å². The summed E-state index contributed by atoms with van der Waals surface area (Å²) in [5.41, 5.74) is 5.69. The van der Waals surface area contributed by atoms with Crippen molar-refractivity contribution in [2.24, 2.45) is 17.6 Å². The summed E-state index contributed by atoms with van der Waals surface area (Å²) < 4.78 is 12.0. The Morgan fingerprint density at radius 1 is 1.27 bits per heavy atom. The van der Waals surface area contributed by atoms with Gasteiger partial charge in [0.2, 0.25) is 0 Å². The van der Waals surface area contributed by atoms with Crippen LogP contribution < -0.4 is 5.73 Å². The predicted octanol–water partition coefficient (Wildman–Crippen LogP) is 2.30. The highest BCUT2D eigenvalue weighted by Gasteiger charge is 2.27. The summed E-state index contributed by atoms with van der Waals surface area (Å²) >= 11 is 0. The van der Waals surface area contributed by atoms with Crippen LogP contribution in [0.1, 0.15) is 46.5 Å². The second-order valence-electron chi connectivity index (χ2n) is 5.39. The summed E-state index contributed by atoms with van der Waals surface area (Å²) in [5, 5.41) is 0.433. The van der Waals surface area contributed by atoms with Crippen molar-refractivity contribution < 1.29 is 4.21 Å². The van der Waals surface area contributed by atoms with Crippen molar-refractivity contribution in [3.63, 3.8) is 0 Å². The molecule has 0 aromatic rings. The number of hydrogen-bond acceptors (Lipinski definition) is 2.